The summed E-state index contributed by atoms with van der Waals surface area (Å²) in [6.45, 7) is 1.82. The van der Waals surface area contributed by atoms with Crippen LogP contribution in [0.5, 0.6) is 5.88 Å². The van der Waals surface area contributed by atoms with E-state index in [0.29, 0.717) is 5.82 Å². The Labute approximate surface area is 126 Å². The molecule has 0 saturated heterocycles. The number of carbonyl (C=O) groups is 1. The zero-order valence-corrected chi connectivity index (χ0v) is 13.4. The standard InChI is InChI=1S/C12H10Br2N2O3/c1-7-15-11(19-12(17)18-2)6-16(7)10-4-3-8(13)5-9(10)14/h3-6H,1-2H3. The lowest BCUT2D eigenvalue weighted by Gasteiger charge is -2.07. The summed E-state index contributed by atoms with van der Waals surface area (Å²) in [7, 11) is 1.25. The Morgan fingerprint density at radius 1 is 1.37 bits per heavy atom. The maximum absolute atomic E-state index is 11.0. The second-order valence-corrected chi connectivity index (χ2v) is 5.42. The van der Waals surface area contributed by atoms with Crippen LogP contribution >= 0.6 is 31.9 Å². The summed E-state index contributed by atoms with van der Waals surface area (Å²) in [6, 6.07) is 5.76. The zero-order chi connectivity index (χ0) is 14.0. The summed E-state index contributed by atoms with van der Waals surface area (Å²) in [5.74, 6) is 0.890. The first kappa shape index (κ1) is 14.1. The highest BCUT2D eigenvalue weighted by atomic mass is 79.9. The van der Waals surface area contributed by atoms with Gasteiger partial charge in [-0.05, 0) is 41.1 Å². The fourth-order valence-corrected chi connectivity index (χ4v) is 2.78. The molecule has 0 radical (unpaired) electrons. The van der Waals surface area contributed by atoms with Crippen LogP contribution in [0.15, 0.2) is 33.3 Å². The van der Waals surface area contributed by atoms with Gasteiger partial charge in [-0.2, -0.15) is 4.98 Å². The van der Waals surface area contributed by atoms with Gasteiger partial charge >= 0.3 is 6.16 Å². The normalized spacial score (nSPS) is 10.3. The maximum Gasteiger partial charge on any atom is 0.514 e. The van der Waals surface area contributed by atoms with Gasteiger partial charge in [-0.25, -0.2) is 4.79 Å². The van der Waals surface area contributed by atoms with Gasteiger partial charge in [-0.3, -0.25) is 4.57 Å². The van der Waals surface area contributed by atoms with E-state index in [9.17, 15) is 4.79 Å². The first-order chi connectivity index (χ1) is 9.01. The summed E-state index contributed by atoms with van der Waals surface area (Å²) in [4.78, 5) is 15.2. The molecule has 100 valence electrons. The Hall–Kier alpha value is -1.34. The quantitative estimate of drug-likeness (QED) is 0.732. The molecule has 0 saturated carbocycles. The minimum Gasteiger partial charge on any atom is -0.437 e. The highest BCUT2D eigenvalue weighted by Gasteiger charge is 2.12. The third kappa shape index (κ3) is 3.16. The van der Waals surface area contributed by atoms with E-state index in [4.69, 9.17) is 4.74 Å². The molecule has 19 heavy (non-hydrogen) atoms. The molecule has 0 aliphatic rings. The minimum atomic E-state index is -0.792. The van der Waals surface area contributed by atoms with E-state index < -0.39 is 6.16 Å². The molecule has 0 aliphatic carbocycles. The van der Waals surface area contributed by atoms with Crippen LogP contribution in [0.25, 0.3) is 5.69 Å². The average Bonchev–Trinajstić information content (AvgIpc) is 2.70. The number of halogens is 2. The summed E-state index contributed by atoms with van der Waals surface area (Å²) in [6.07, 6.45) is 0.833. The van der Waals surface area contributed by atoms with E-state index in [0.717, 1.165) is 14.6 Å². The number of benzene rings is 1. The molecule has 7 heteroatoms. The van der Waals surface area contributed by atoms with Gasteiger partial charge < -0.3 is 9.47 Å². The van der Waals surface area contributed by atoms with Crippen molar-refractivity contribution in [2.75, 3.05) is 7.11 Å². The SMILES string of the molecule is COC(=O)Oc1cn(-c2ccc(Br)cc2Br)c(C)n1. The Morgan fingerprint density at radius 3 is 2.74 bits per heavy atom. The van der Waals surface area contributed by atoms with E-state index in [2.05, 4.69) is 41.6 Å². The number of ether oxygens (including phenoxy) is 2. The number of methoxy groups -OCH3 is 1. The second-order valence-electron chi connectivity index (χ2n) is 3.65. The molecule has 0 N–H and O–H groups in total. The molecule has 1 aromatic heterocycles. The van der Waals surface area contributed by atoms with Crippen molar-refractivity contribution < 1.29 is 14.3 Å². The van der Waals surface area contributed by atoms with Gasteiger partial charge in [-0.15, -0.1) is 0 Å². The molecule has 0 unspecified atom stereocenters. The van der Waals surface area contributed by atoms with Crippen LogP contribution in [-0.4, -0.2) is 22.8 Å². The number of imidazole rings is 1. The van der Waals surface area contributed by atoms with Crippen LogP contribution in [0, 0.1) is 6.92 Å². The molecule has 0 bridgehead atoms. The molecule has 5 nitrogen and oxygen atoms in total. The number of hydrogen-bond acceptors (Lipinski definition) is 4. The van der Waals surface area contributed by atoms with Crippen molar-refractivity contribution in [3.05, 3.63) is 39.2 Å². The van der Waals surface area contributed by atoms with E-state index >= 15 is 0 Å². The Morgan fingerprint density at radius 2 is 2.11 bits per heavy atom. The Kier molecular flexibility index (Phi) is 4.26. The van der Waals surface area contributed by atoms with Crippen LogP contribution in [0.1, 0.15) is 5.82 Å². The van der Waals surface area contributed by atoms with Gasteiger partial charge in [0, 0.05) is 8.95 Å². The van der Waals surface area contributed by atoms with Crippen molar-refractivity contribution in [1.82, 2.24) is 9.55 Å². The average molecular weight is 390 g/mol. The van der Waals surface area contributed by atoms with Gasteiger partial charge in [0.05, 0.1) is 19.0 Å². The first-order valence-electron chi connectivity index (χ1n) is 5.28. The van der Waals surface area contributed by atoms with Crippen molar-refractivity contribution in [2.24, 2.45) is 0 Å². The summed E-state index contributed by atoms with van der Waals surface area (Å²) in [5.41, 5.74) is 0.896. The van der Waals surface area contributed by atoms with Crippen molar-refractivity contribution in [2.45, 2.75) is 6.92 Å². The van der Waals surface area contributed by atoms with Crippen LogP contribution in [0.4, 0.5) is 4.79 Å². The monoisotopic (exact) mass is 388 g/mol. The van der Waals surface area contributed by atoms with Crippen molar-refractivity contribution in [3.63, 3.8) is 0 Å². The first-order valence-corrected chi connectivity index (χ1v) is 6.87. The molecular formula is C12H10Br2N2O3. The topological polar surface area (TPSA) is 53.4 Å². The minimum absolute atomic E-state index is 0.194. The lowest BCUT2D eigenvalue weighted by molar-refractivity contribution is 0.120. The van der Waals surface area contributed by atoms with Crippen LogP contribution in [-0.2, 0) is 4.74 Å². The number of carbonyl (C=O) groups excluding carboxylic acids is 1. The van der Waals surface area contributed by atoms with E-state index in [1.807, 2.05) is 29.7 Å². The van der Waals surface area contributed by atoms with Crippen LogP contribution in [0.3, 0.4) is 0 Å². The summed E-state index contributed by atoms with van der Waals surface area (Å²) in [5, 5.41) is 0. The van der Waals surface area contributed by atoms with Gasteiger partial charge in [-0.1, -0.05) is 15.9 Å². The van der Waals surface area contributed by atoms with Gasteiger partial charge in [0.1, 0.15) is 5.82 Å². The predicted molar refractivity (Wildman–Crippen MR) is 76.7 cm³/mol. The lowest BCUT2D eigenvalue weighted by Crippen LogP contribution is -2.07. The molecule has 1 aromatic carbocycles. The molecule has 0 atom stereocenters. The predicted octanol–water partition coefficient (Wildman–Crippen LogP) is 3.85. The van der Waals surface area contributed by atoms with Gasteiger partial charge in [0.25, 0.3) is 0 Å². The van der Waals surface area contributed by atoms with Crippen molar-refractivity contribution in [1.29, 1.82) is 0 Å². The number of aromatic nitrogens is 2. The van der Waals surface area contributed by atoms with Gasteiger partial charge in [0.2, 0.25) is 5.88 Å². The zero-order valence-electron chi connectivity index (χ0n) is 10.2. The Bertz CT molecular complexity index is 625. The third-order valence-electron chi connectivity index (χ3n) is 2.38. The number of hydrogen-bond donors (Lipinski definition) is 0. The highest BCUT2D eigenvalue weighted by molar-refractivity contribution is 9.11. The number of aryl methyl sites for hydroxylation is 1. The van der Waals surface area contributed by atoms with E-state index in [1.165, 1.54) is 7.11 Å². The van der Waals surface area contributed by atoms with Crippen molar-refractivity contribution >= 4 is 38.0 Å². The smallest absolute Gasteiger partial charge is 0.437 e. The second kappa shape index (κ2) is 5.75. The highest BCUT2D eigenvalue weighted by Crippen LogP contribution is 2.27. The summed E-state index contributed by atoms with van der Waals surface area (Å²) < 4.78 is 13.0. The van der Waals surface area contributed by atoms with Gasteiger partial charge in [0.15, 0.2) is 0 Å². The molecule has 0 fully saturated rings. The maximum atomic E-state index is 11.0. The molecule has 0 amide bonds. The fourth-order valence-electron chi connectivity index (χ4n) is 1.54. The molecule has 2 rings (SSSR count). The molecule has 0 spiro atoms. The van der Waals surface area contributed by atoms with E-state index in [-0.39, 0.29) is 5.88 Å². The summed E-state index contributed by atoms with van der Waals surface area (Å²) >= 11 is 6.87. The Balaban J connectivity index is 2.37. The molecule has 1 heterocycles. The van der Waals surface area contributed by atoms with E-state index in [1.54, 1.807) is 6.20 Å². The third-order valence-corrected chi connectivity index (χ3v) is 3.51. The molecule has 2 aromatic rings. The van der Waals surface area contributed by atoms with Crippen LogP contribution < -0.4 is 4.74 Å². The fraction of sp³-hybridized carbons (Fsp3) is 0.167. The molecule has 0 aliphatic heterocycles. The number of rotatable bonds is 2. The van der Waals surface area contributed by atoms with Crippen LogP contribution in [0.2, 0.25) is 0 Å². The van der Waals surface area contributed by atoms with Crippen molar-refractivity contribution in [3.8, 4) is 11.6 Å². The molecular weight excluding hydrogens is 380 g/mol. The number of nitrogens with zero attached hydrogens (tertiary/aromatic N) is 2. The largest absolute Gasteiger partial charge is 0.514 e. The lowest BCUT2D eigenvalue weighted by atomic mass is 10.3.